The SMILES string of the molecule is CC(C)CC(C1=C(O)C(C)(C)C(=O)C(C)(C)C1=O)c1c(O)cc(O)c(C(=O)C2CCCC2)c1O. The van der Waals surface area contributed by atoms with Gasteiger partial charge in [-0.25, -0.2) is 0 Å². The molecule has 34 heavy (non-hydrogen) atoms. The van der Waals surface area contributed by atoms with Crippen molar-refractivity contribution in [3.8, 4) is 17.2 Å². The molecule has 2 aliphatic carbocycles. The first-order valence-corrected chi connectivity index (χ1v) is 12.0. The number of Topliss-reactive ketones (excluding diaryl/α,β-unsaturated/α-hetero) is 3. The number of aliphatic hydroxyl groups is 1. The first kappa shape index (κ1) is 25.8. The number of phenols is 3. The number of benzene rings is 1. The summed E-state index contributed by atoms with van der Waals surface area (Å²) < 4.78 is 0. The van der Waals surface area contributed by atoms with Crippen molar-refractivity contribution in [2.24, 2.45) is 22.7 Å². The zero-order valence-electron chi connectivity index (χ0n) is 20.9. The zero-order valence-corrected chi connectivity index (χ0v) is 20.9. The summed E-state index contributed by atoms with van der Waals surface area (Å²) in [7, 11) is 0. The van der Waals surface area contributed by atoms with Crippen LogP contribution < -0.4 is 0 Å². The molecular formula is C27H36O7. The van der Waals surface area contributed by atoms with E-state index >= 15 is 0 Å². The van der Waals surface area contributed by atoms with Crippen LogP contribution >= 0.6 is 0 Å². The first-order chi connectivity index (χ1) is 15.6. The van der Waals surface area contributed by atoms with Gasteiger partial charge in [-0.3, -0.25) is 14.4 Å². The van der Waals surface area contributed by atoms with Crippen molar-refractivity contribution >= 4 is 17.3 Å². The number of carbonyl (C=O) groups excluding carboxylic acids is 3. The van der Waals surface area contributed by atoms with Crippen molar-refractivity contribution in [1.82, 2.24) is 0 Å². The van der Waals surface area contributed by atoms with Gasteiger partial charge in [-0.15, -0.1) is 0 Å². The summed E-state index contributed by atoms with van der Waals surface area (Å²) in [6.07, 6.45) is 3.31. The van der Waals surface area contributed by atoms with Crippen molar-refractivity contribution in [2.75, 3.05) is 0 Å². The lowest BCUT2D eigenvalue weighted by Gasteiger charge is -2.41. The van der Waals surface area contributed by atoms with E-state index in [1.165, 1.54) is 27.7 Å². The van der Waals surface area contributed by atoms with Crippen LogP contribution in [-0.2, 0) is 9.59 Å². The molecule has 0 bridgehead atoms. The fourth-order valence-electron chi connectivity index (χ4n) is 5.58. The van der Waals surface area contributed by atoms with E-state index in [0.29, 0.717) is 12.8 Å². The van der Waals surface area contributed by atoms with Gasteiger partial charge in [0.2, 0.25) is 0 Å². The fourth-order valence-corrected chi connectivity index (χ4v) is 5.58. The normalized spacial score (nSPS) is 21.4. The van der Waals surface area contributed by atoms with Gasteiger partial charge in [0.05, 0.1) is 10.8 Å². The van der Waals surface area contributed by atoms with Crippen molar-refractivity contribution in [2.45, 2.75) is 79.6 Å². The quantitative estimate of drug-likeness (QED) is 0.325. The summed E-state index contributed by atoms with van der Waals surface area (Å²) in [5.41, 5.74) is -3.20. The number of hydrogen-bond acceptors (Lipinski definition) is 7. The second-order valence-corrected chi connectivity index (χ2v) is 11.3. The average Bonchev–Trinajstić information content (AvgIpc) is 3.26. The van der Waals surface area contributed by atoms with Crippen LogP contribution in [0, 0.1) is 22.7 Å². The topological polar surface area (TPSA) is 132 Å². The Morgan fingerprint density at radius 1 is 0.971 bits per heavy atom. The van der Waals surface area contributed by atoms with E-state index in [0.717, 1.165) is 18.9 Å². The highest BCUT2D eigenvalue weighted by Crippen LogP contribution is 2.53. The van der Waals surface area contributed by atoms with Crippen molar-refractivity contribution in [1.29, 1.82) is 0 Å². The number of phenolic OH excluding ortho intramolecular Hbond substituents is 3. The molecule has 2 aliphatic rings. The highest BCUT2D eigenvalue weighted by Gasteiger charge is 2.55. The van der Waals surface area contributed by atoms with Crippen LogP contribution in [0.15, 0.2) is 17.4 Å². The standard InChI is InChI=1S/C27H36O7/c1-13(2)11-15(19-23(32)26(3,4)25(34)27(5,6)24(19)33)18-16(28)12-17(29)20(22(18)31)21(30)14-9-7-8-10-14/h12-15,28-29,31-32H,7-11H2,1-6H3. The van der Waals surface area contributed by atoms with Crippen LogP contribution in [0.25, 0.3) is 0 Å². The molecule has 1 aromatic carbocycles. The van der Waals surface area contributed by atoms with E-state index in [1.54, 1.807) is 0 Å². The highest BCUT2D eigenvalue weighted by molar-refractivity contribution is 6.19. The van der Waals surface area contributed by atoms with Gasteiger partial charge in [-0.1, -0.05) is 26.7 Å². The monoisotopic (exact) mass is 472 g/mol. The Kier molecular flexibility index (Phi) is 6.64. The number of ketones is 3. The smallest absolute Gasteiger partial charge is 0.175 e. The third-order valence-corrected chi connectivity index (χ3v) is 7.47. The molecule has 1 fully saturated rings. The number of allylic oxidation sites excluding steroid dienone is 2. The van der Waals surface area contributed by atoms with Crippen LogP contribution in [0.2, 0.25) is 0 Å². The van der Waals surface area contributed by atoms with E-state index in [-0.39, 0.29) is 35.0 Å². The first-order valence-electron chi connectivity index (χ1n) is 12.0. The molecule has 1 unspecified atom stereocenters. The Labute approximate surface area is 200 Å². The van der Waals surface area contributed by atoms with Gasteiger partial charge in [-0.2, -0.15) is 0 Å². The maximum atomic E-state index is 13.6. The van der Waals surface area contributed by atoms with Gasteiger partial charge in [0.25, 0.3) is 0 Å². The lowest BCUT2D eigenvalue weighted by molar-refractivity contribution is -0.144. The van der Waals surface area contributed by atoms with Gasteiger partial charge in [0.15, 0.2) is 17.3 Å². The Morgan fingerprint density at radius 2 is 1.53 bits per heavy atom. The molecule has 7 nitrogen and oxygen atoms in total. The molecule has 0 heterocycles. The minimum absolute atomic E-state index is 0.0384. The minimum atomic E-state index is -1.43. The van der Waals surface area contributed by atoms with Crippen LogP contribution in [0.4, 0.5) is 0 Å². The number of hydrogen-bond donors (Lipinski definition) is 4. The molecule has 0 aromatic heterocycles. The Hall–Kier alpha value is -2.83. The average molecular weight is 473 g/mol. The highest BCUT2D eigenvalue weighted by atomic mass is 16.3. The summed E-state index contributed by atoms with van der Waals surface area (Å²) in [5, 5.41) is 43.7. The second kappa shape index (κ2) is 8.75. The second-order valence-electron chi connectivity index (χ2n) is 11.3. The summed E-state index contributed by atoms with van der Waals surface area (Å²) in [6, 6.07) is 1.01. The number of carbonyl (C=O) groups is 3. The predicted octanol–water partition coefficient (Wildman–Crippen LogP) is 5.32. The molecule has 0 spiro atoms. The van der Waals surface area contributed by atoms with E-state index in [4.69, 9.17) is 0 Å². The molecule has 4 N–H and O–H groups in total. The molecule has 1 saturated carbocycles. The summed E-state index contributed by atoms with van der Waals surface area (Å²) in [4.78, 5) is 39.7. The Morgan fingerprint density at radius 3 is 2.06 bits per heavy atom. The predicted molar refractivity (Wildman–Crippen MR) is 127 cm³/mol. The van der Waals surface area contributed by atoms with Crippen LogP contribution in [0.5, 0.6) is 17.2 Å². The lowest BCUT2D eigenvalue weighted by Crippen LogP contribution is -2.49. The van der Waals surface area contributed by atoms with Gasteiger partial charge < -0.3 is 20.4 Å². The fraction of sp³-hybridized carbons (Fsp3) is 0.593. The van der Waals surface area contributed by atoms with Crippen molar-refractivity contribution < 1.29 is 34.8 Å². The Bertz CT molecular complexity index is 1070. The molecular weight excluding hydrogens is 436 g/mol. The summed E-state index contributed by atoms with van der Waals surface area (Å²) in [5.74, 6) is -4.77. The summed E-state index contributed by atoms with van der Waals surface area (Å²) in [6.45, 7) is 9.86. The molecule has 0 aliphatic heterocycles. The number of rotatable bonds is 6. The molecule has 0 amide bonds. The molecule has 1 atom stereocenters. The van der Waals surface area contributed by atoms with Gasteiger partial charge in [0.1, 0.15) is 28.6 Å². The van der Waals surface area contributed by atoms with E-state index < -0.39 is 57.1 Å². The molecule has 3 rings (SSSR count). The van der Waals surface area contributed by atoms with Crippen LogP contribution in [0.1, 0.15) is 95.5 Å². The third kappa shape index (κ3) is 3.99. The van der Waals surface area contributed by atoms with Crippen LogP contribution in [-0.4, -0.2) is 37.8 Å². The van der Waals surface area contributed by atoms with Crippen molar-refractivity contribution in [3.63, 3.8) is 0 Å². The van der Waals surface area contributed by atoms with Gasteiger partial charge >= 0.3 is 0 Å². The van der Waals surface area contributed by atoms with E-state index in [2.05, 4.69) is 0 Å². The molecule has 7 heteroatoms. The molecule has 1 aromatic rings. The van der Waals surface area contributed by atoms with Crippen LogP contribution in [0.3, 0.4) is 0 Å². The molecule has 0 radical (unpaired) electrons. The lowest BCUT2D eigenvalue weighted by atomic mass is 9.60. The minimum Gasteiger partial charge on any atom is -0.511 e. The third-order valence-electron chi connectivity index (χ3n) is 7.47. The number of aliphatic hydroxyl groups excluding tert-OH is 1. The van der Waals surface area contributed by atoms with E-state index in [1.807, 2.05) is 13.8 Å². The van der Waals surface area contributed by atoms with Crippen molar-refractivity contribution in [3.05, 3.63) is 28.5 Å². The van der Waals surface area contributed by atoms with Gasteiger partial charge in [0, 0.05) is 29.0 Å². The maximum absolute atomic E-state index is 13.6. The summed E-state index contributed by atoms with van der Waals surface area (Å²) >= 11 is 0. The molecule has 0 saturated heterocycles. The van der Waals surface area contributed by atoms with E-state index in [9.17, 15) is 34.8 Å². The molecule has 186 valence electrons. The van der Waals surface area contributed by atoms with Gasteiger partial charge in [-0.05, 0) is 52.9 Å². The maximum Gasteiger partial charge on any atom is 0.175 e. The largest absolute Gasteiger partial charge is 0.511 e. The number of aromatic hydroxyl groups is 3. The Balaban J connectivity index is 2.30. The zero-order chi connectivity index (χ0) is 25.7.